The molecule has 4 atom stereocenters. The summed E-state index contributed by atoms with van der Waals surface area (Å²) in [5.41, 5.74) is 13.8. The lowest BCUT2D eigenvalue weighted by Crippen LogP contribution is -2.21. The lowest BCUT2D eigenvalue weighted by atomic mass is 9.86. The highest BCUT2D eigenvalue weighted by Crippen LogP contribution is 2.73. The standard InChI is InChI=1S/C29H38S/c1-18-14-23-16-21-9-7-10-22(21)17-26(23)29(18)30(3,4)28-19(2)15-27-24-11-6-5-8-20(24)12-13-25(27)28/h12-13,16-19,28-29H,5-11,14-15H2,1-4H3. The van der Waals surface area contributed by atoms with E-state index in [0.29, 0.717) is 0 Å². The van der Waals surface area contributed by atoms with E-state index in [9.17, 15) is 0 Å². The summed E-state index contributed by atoms with van der Waals surface area (Å²) in [7, 11) is -0.808. The Hall–Kier alpha value is -1.21. The van der Waals surface area contributed by atoms with Gasteiger partial charge in [0.15, 0.2) is 0 Å². The number of benzene rings is 2. The van der Waals surface area contributed by atoms with Crippen molar-refractivity contribution in [3.05, 3.63) is 68.8 Å². The summed E-state index contributed by atoms with van der Waals surface area (Å²) in [6.07, 6.45) is 17.5. The fourth-order valence-electron chi connectivity index (χ4n) is 8.07. The highest BCUT2D eigenvalue weighted by Gasteiger charge is 2.47. The van der Waals surface area contributed by atoms with Gasteiger partial charge in [-0.15, -0.1) is 0 Å². The van der Waals surface area contributed by atoms with Crippen molar-refractivity contribution in [3.8, 4) is 0 Å². The first-order chi connectivity index (χ1) is 14.4. The second-order valence-electron chi connectivity index (χ2n) is 11.3. The van der Waals surface area contributed by atoms with Crippen LogP contribution in [0.3, 0.4) is 0 Å². The van der Waals surface area contributed by atoms with Crippen LogP contribution in [-0.4, -0.2) is 12.5 Å². The van der Waals surface area contributed by atoms with Gasteiger partial charge in [0.25, 0.3) is 0 Å². The lowest BCUT2D eigenvalue weighted by molar-refractivity contribution is 0.577. The summed E-state index contributed by atoms with van der Waals surface area (Å²) in [5, 5.41) is 1.54. The van der Waals surface area contributed by atoms with Gasteiger partial charge in [-0.2, -0.15) is 0 Å². The molecule has 1 heteroatoms. The summed E-state index contributed by atoms with van der Waals surface area (Å²) >= 11 is 0. The van der Waals surface area contributed by atoms with Crippen molar-refractivity contribution in [1.29, 1.82) is 0 Å². The van der Waals surface area contributed by atoms with Gasteiger partial charge in [-0.25, -0.2) is 10.0 Å². The van der Waals surface area contributed by atoms with E-state index in [4.69, 9.17) is 0 Å². The maximum absolute atomic E-state index is 2.70. The van der Waals surface area contributed by atoms with Crippen molar-refractivity contribution in [3.63, 3.8) is 0 Å². The van der Waals surface area contributed by atoms with Gasteiger partial charge in [-0.3, -0.25) is 0 Å². The Labute approximate surface area is 185 Å². The predicted octanol–water partition coefficient (Wildman–Crippen LogP) is 7.29. The topological polar surface area (TPSA) is 0 Å². The van der Waals surface area contributed by atoms with Crippen molar-refractivity contribution < 1.29 is 0 Å². The van der Waals surface area contributed by atoms with E-state index in [0.717, 1.165) is 22.3 Å². The van der Waals surface area contributed by atoms with Gasteiger partial charge < -0.3 is 0 Å². The molecule has 0 saturated heterocycles. The fourth-order valence-corrected chi connectivity index (χ4v) is 12.7. The largest absolute Gasteiger partial charge is 0.233 e. The molecule has 0 heterocycles. The van der Waals surface area contributed by atoms with Crippen LogP contribution in [0.25, 0.3) is 0 Å². The zero-order chi connectivity index (χ0) is 20.6. The Bertz CT molecular complexity index is 1010. The molecule has 0 radical (unpaired) electrons. The molecule has 160 valence electrons. The predicted molar refractivity (Wildman–Crippen MR) is 132 cm³/mol. The smallest absolute Gasteiger partial charge is 0.0172 e. The zero-order valence-electron chi connectivity index (χ0n) is 19.4. The number of hydrogen-bond donors (Lipinski definition) is 0. The van der Waals surface area contributed by atoms with Crippen LogP contribution in [0.5, 0.6) is 0 Å². The SMILES string of the molecule is CC1Cc2cc3c(cc2C1S(C)(C)C1c2ccc4c(c2CC1C)CCCC4)CCC3. The number of rotatable bonds is 2. The fraction of sp³-hybridized carbons (Fsp3) is 0.586. The summed E-state index contributed by atoms with van der Waals surface area (Å²) in [6.45, 7) is 5.12. The van der Waals surface area contributed by atoms with Gasteiger partial charge in [-0.05, 0) is 127 Å². The second-order valence-corrected chi connectivity index (χ2v) is 15.3. The minimum Gasteiger partial charge on any atom is -0.233 e. The summed E-state index contributed by atoms with van der Waals surface area (Å²) in [4.78, 5) is 0. The lowest BCUT2D eigenvalue weighted by Gasteiger charge is -2.48. The minimum absolute atomic E-state index is 0.770. The van der Waals surface area contributed by atoms with E-state index in [1.54, 1.807) is 44.5 Å². The third-order valence-electron chi connectivity index (χ3n) is 9.06. The summed E-state index contributed by atoms with van der Waals surface area (Å²) < 4.78 is 0. The molecule has 2 aromatic rings. The molecule has 4 aliphatic rings. The van der Waals surface area contributed by atoms with Crippen LogP contribution < -0.4 is 0 Å². The molecule has 0 nitrogen and oxygen atoms in total. The molecular formula is C29H38S. The second kappa shape index (κ2) is 6.89. The number of fused-ring (bicyclic) bond motifs is 5. The van der Waals surface area contributed by atoms with Gasteiger partial charge in [0, 0.05) is 10.5 Å². The van der Waals surface area contributed by atoms with Crippen LogP contribution in [0.4, 0.5) is 0 Å². The Balaban J connectivity index is 1.43. The first-order valence-corrected chi connectivity index (χ1v) is 15.0. The van der Waals surface area contributed by atoms with Crippen LogP contribution >= 0.6 is 10.0 Å². The maximum atomic E-state index is 2.70. The van der Waals surface area contributed by atoms with Crippen molar-refractivity contribution in [2.75, 3.05) is 12.5 Å². The Morgan fingerprint density at radius 3 is 2.13 bits per heavy atom. The molecule has 0 fully saturated rings. The molecule has 0 spiro atoms. The van der Waals surface area contributed by atoms with Crippen LogP contribution in [-0.2, 0) is 38.5 Å². The highest BCUT2D eigenvalue weighted by atomic mass is 32.3. The zero-order valence-corrected chi connectivity index (χ0v) is 20.2. The average Bonchev–Trinajstić information content (AvgIpc) is 3.39. The van der Waals surface area contributed by atoms with Gasteiger partial charge in [0.05, 0.1) is 0 Å². The first-order valence-electron chi connectivity index (χ1n) is 12.4. The molecule has 0 amide bonds. The Morgan fingerprint density at radius 2 is 1.30 bits per heavy atom. The van der Waals surface area contributed by atoms with Crippen molar-refractivity contribution in [2.24, 2.45) is 11.8 Å². The molecule has 4 unspecified atom stereocenters. The molecule has 2 aromatic carbocycles. The van der Waals surface area contributed by atoms with Crippen LogP contribution in [0, 0.1) is 11.8 Å². The van der Waals surface area contributed by atoms with E-state index in [2.05, 4.69) is 50.6 Å². The summed E-state index contributed by atoms with van der Waals surface area (Å²) in [5.74, 6) is 1.59. The van der Waals surface area contributed by atoms with Crippen molar-refractivity contribution in [2.45, 2.75) is 82.1 Å². The van der Waals surface area contributed by atoms with Gasteiger partial charge in [-0.1, -0.05) is 38.1 Å². The molecule has 0 aromatic heterocycles. The maximum Gasteiger partial charge on any atom is 0.0172 e. The Kier molecular flexibility index (Phi) is 4.47. The van der Waals surface area contributed by atoms with E-state index >= 15 is 0 Å². The molecule has 30 heavy (non-hydrogen) atoms. The average molecular weight is 419 g/mol. The molecule has 0 aliphatic heterocycles. The van der Waals surface area contributed by atoms with E-state index in [1.807, 2.05) is 0 Å². The van der Waals surface area contributed by atoms with Crippen LogP contribution in [0.15, 0.2) is 24.3 Å². The normalized spacial score (nSPS) is 30.0. The van der Waals surface area contributed by atoms with Gasteiger partial charge in [0.2, 0.25) is 0 Å². The van der Waals surface area contributed by atoms with E-state index < -0.39 is 10.0 Å². The number of hydrogen-bond acceptors (Lipinski definition) is 0. The van der Waals surface area contributed by atoms with E-state index in [-0.39, 0.29) is 0 Å². The van der Waals surface area contributed by atoms with Gasteiger partial charge in [0.1, 0.15) is 0 Å². The molecule has 4 aliphatic carbocycles. The minimum atomic E-state index is -0.808. The third kappa shape index (κ3) is 2.73. The van der Waals surface area contributed by atoms with Crippen LogP contribution in [0.1, 0.15) is 88.1 Å². The van der Waals surface area contributed by atoms with E-state index in [1.165, 1.54) is 57.8 Å². The third-order valence-corrected chi connectivity index (χ3v) is 13.1. The quantitative estimate of drug-likeness (QED) is 0.480. The molecule has 0 bridgehead atoms. The monoisotopic (exact) mass is 418 g/mol. The molecule has 0 saturated carbocycles. The summed E-state index contributed by atoms with van der Waals surface area (Å²) in [6, 6.07) is 10.4. The van der Waals surface area contributed by atoms with Crippen molar-refractivity contribution >= 4 is 10.0 Å². The molecular weight excluding hydrogens is 380 g/mol. The molecule has 6 rings (SSSR count). The van der Waals surface area contributed by atoms with Crippen LogP contribution in [0.2, 0.25) is 0 Å². The van der Waals surface area contributed by atoms with Crippen molar-refractivity contribution in [1.82, 2.24) is 0 Å². The Morgan fingerprint density at radius 1 is 0.633 bits per heavy atom. The molecule has 0 N–H and O–H groups in total. The highest BCUT2D eigenvalue weighted by molar-refractivity contribution is 8.33. The van der Waals surface area contributed by atoms with Gasteiger partial charge >= 0.3 is 0 Å². The number of aryl methyl sites for hydroxylation is 3. The first kappa shape index (κ1) is 19.5.